The van der Waals surface area contributed by atoms with Gasteiger partial charge in [-0.1, -0.05) is 13.0 Å². The van der Waals surface area contributed by atoms with E-state index < -0.39 is 0 Å². The number of nitriles is 1. The molecule has 0 saturated heterocycles. The number of rotatable bonds is 4. The molecule has 0 bridgehead atoms. The highest BCUT2D eigenvalue weighted by molar-refractivity contribution is 5.56. The van der Waals surface area contributed by atoms with Crippen molar-refractivity contribution in [2.45, 2.75) is 13.8 Å². The highest BCUT2D eigenvalue weighted by Gasteiger charge is 2.18. The maximum absolute atomic E-state index is 10.4. The maximum Gasteiger partial charge on any atom is 0.127 e. The van der Waals surface area contributed by atoms with E-state index in [1.54, 1.807) is 6.08 Å². The van der Waals surface area contributed by atoms with Crippen molar-refractivity contribution < 1.29 is 4.79 Å². The molecule has 0 amide bonds. The first-order valence-corrected chi connectivity index (χ1v) is 3.64. The van der Waals surface area contributed by atoms with E-state index in [1.165, 1.54) is 0 Å². The minimum atomic E-state index is -0.190. The Morgan fingerprint density at radius 2 is 2.09 bits per heavy atom. The fraction of sp³-hybridized carbons (Fsp3) is 0.556. The predicted molar refractivity (Wildman–Crippen MR) is 43.7 cm³/mol. The molecule has 0 spiro atoms. The zero-order chi connectivity index (χ0) is 8.85. The molecule has 0 saturated carbocycles. The Morgan fingerprint density at radius 1 is 1.55 bits per heavy atom. The molecule has 0 aliphatic carbocycles. The average molecular weight is 151 g/mol. The molecule has 0 aliphatic rings. The summed E-state index contributed by atoms with van der Waals surface area (Å²) < 4.78 is 0. The average Bonchev–Trinajstić information content (AvgIpc) is 2.05. The van der Waals surface area contributed by atoms with Crippen molar-refractivity contribution in [2.24, 2.45) is 17.8 Å². The van der Waals surface area contributed by atoms with Gasteiger partial charge in [0.05, 0.1) is 6.07 Å². The first-order chi connectivity index (χ1) is 5.17. The van der Waals surface area contributed by atoms with Gasteiger partial charge in [0, 0.05) is 11.8 Å². The lowest BCUT2D eigenvalue weighted by molar-refractivity contribution is -0.111. The molecule has 0 aromatic rings. The first-order valence-electron chi connectivity index (χ1n) is 3.64. The second-order valence-corrected chi connectivity index (χ2v) is 2.73. The van der Waals surface area contributed by atoms with Gasteiger partial charge in [0.2, 0.25) is 0 Å². The number of hydrogen-bond acceptors (Lipinski definition) is 2. The van der Waals surface area contributed by atoms with Crippen LogP contribution in [0, 0.1) is 29.1 Å². The standard InChI is InChI=1S/C9H13NO/c1-4-9(6-11)8(3)7(2)5-10/h4,6-9H,1H2,2-3H3/t7-,8+,9?/m0/s1. The van der Waals surface area contributed by atoms with Crippen molar-refractivity contribution in [2.75, 3.05) is 0 Å². The Morgan fingerprint density at radius 3 is 2.36 bits per heavy atom. The molecule has 60 valence electrons. The lowest BCUT2D eigenvalue weighted by Gasteiger charge is -2.16. The van der Waals surface area contributed by atoms with E-state index in [9.17, 15) is 4.79 Å². The van der Waals surface area contributed by atoms with E-state index in [0.717, 1.165) is 6.29 Å². The molecule has 2 nitrogen and oxygen atoms in total. The number of hydrogen-bond donors (Lipinski definition) is 0. The predicted octanol–water partition coefficient (Wildman–Crippen LogP) is 1.78. The third kappa shape index (κ3) is 2.55. The number of carbonyl (C=O) groups is 1. The Hall–Kier alpha value is -1.10. The van der Waals surface area contributed by atoms with Crippen LogP contribution in [0.2, 0.25) is 0 Å². The minimum absolute atomic E-state index is 0.0648. The third-order valence-corrected chi connectivity index (χ3v) is 2.03. The monoisotopic (exact) mass is 151 g/mol. The molecular formula is C9H13NO. The molecular weight excluding hydrogens is 138 g/mol. The van der Waals surface area contributed by atoms with Crippen LogP contribution >= 0.6 is 0 Å². The summed E-state index contributed by atoms with van der Waals surface area (Å²) in [6.45, 7) is 7.22. The van der Waals surface area contributed by atoms with Gasteiger partial charge in [-0.3, -0.25) is 0 Å². The van der Waals surface area contributed by atoms with Crippen molar-refractivity contribution in [3.8, 4) is 6.07 Å². The van der Waals surface area contributed by atoms with E-state index in [1.807, 2.05) is 13.8 Å². The highest BCUT2D eigenvalue weighted by atomic mass is 16.1. The molecule has 0 aliphatic heterocycles. The van der Waals surface area contributed by atoms with E-state index >= 15 is 0 Å². The van der Waals surface area contributed by atoms with Gasteiger partial charge in [0.15, 0.2) is 0 Å². The summed E-state index contributed by atoms with van der Waals surface area (Å²) in [7, 11) is 0. The number of carbonyl (C=O) groups excluding carboxylic acids is 1. The Labute approximate surface area is 67.5 Å². The molecule has 1 unspecified atom stereocenters. The SMILES string of the molecule is C=CC(C=O)[C@H](C)[C@@H](C)C#N. The smallest absolute Gasteiger partial charge is 0.127 e. The van der Waals surface area contributed by atoms with Crippen molar-refractivity contribution in [1.82, 2.24) is 0 Å². The van der Waals surface area contributed by atoms with E-state index in [2.05, 4.69) is 12.6 Å². The van der Waals surface area contributed by atoms with Crippen LogP contribution in [0.15, 0.2) is 12.7 Å². The second-order valence-electron chi connectivity index (χ2n) is 2.73. The van der Waals surface area contributed by atoms with Gasteiger partial charge in [0.1, 0.15) is 6.29 Å². The molecule has 11 heavy (non-hydrogen) atoms. The molecule has 0 N–H and O–H groups in total. The molecule has 0 aromatic carbocycles. The van der Waals surface area contributed by atoms with E-state index in [4.69, 9.17) is 5.26 Å². The van der Waals surface area contributed by atoms with E-state index in [-0.39, 0.29) is 17.8 Å². The summed E-state index contributed by atoms with van der Waals surface area (Å²) in [6.07, 6.45) is 2.43. The third-order valence-electron chi connectivity index (χ3n) is 2.03. The lowest BCUT2D eigenvalue weighted by Crippen LogP contribution is -2.16. The van der Waals surface area contributed by atoms with Gasteiger partial charge in [-0.25, -0.2) is 0 Å². The number of nitrogens with zero attached hydrogens (tertiary/aromatic N) is 1. The lowest BCUT2D eigenvalue weighted by atomic mass is 9.86. The summed E-state index contributed by atoms with van der Waals surface area (Å²) in [6, 6.07) is 2.11. The van der Waals surface area contributed by atoms with Crippen LogP contribution in [0.3, 0.4) is 0 Å². The van der Waals surface area contributed by atoms with Crippen LogP contribution < -0.4 is 0 Å². The van der Waals surface area contributed by atoms with Crippen LogP contribution in [0.1, 0.15) is 13.8 Å². The van der Waals surface area contributed by atoms with Crippen molar-refractivity contribution in [1.29, 1.82) is 5.26 Å². The molecule has 0 fully saturated rings. The molecule has 2 heteroatoms. The molecule has 3 atom stereocenters. The van der Waals surface area contributed by atoms with Crippen LogP contribution in [0.4, 0.5) is 0 Å². The number of aldehydes is 1. The maximum atomic E-state index is 10.4. The van der Waals surface area contributed by atoms with Crippen molar-refractivity contribution in [3.05, 3.63) is 12.7 Å². The van der Waals surface area contributed by atoms with Gasteiger partial charge in [-0.05, 0) is 12.8 Å². The van der Waals surface area contributed by atoms with Gasteiger partial charge >= 0.3 is 0 Å². The largest absolute Gasteiger partial charge is 0.303 e. The van der Waals surface area contributed by atoms with Gasteiger partial charge in [-0.2, -0.15) is 5.26 Å². The Bertz CT molecular complexity index is 172. The van der Waals surface area contributed by atoms with Crippen molar-refractivity contribution in [3.63, 3.8) is 0 Å². The molecule has 0 rings (SSSR count). The molecule has 0 radical (unpaired) electrons. The molecule has 0 aromatic heterocycles. The van der Waals surface area contributed by atoms with Crippen LogP contribution in [-0.4, -0.2) is 6.29 Å². The van der Waals surface area contributed by atoms with Crippen LogP contribution in [0.25, 0.3) is 0 Å². The van der Waals surface area contributed by atoms with Gasteiger partial charge in [-0.15, -0.1) is 6.58 Å². The fourth-order valence-corrected chi connectivity index (χ4v) is 0.845. The minimum Gasteiger partial charge on any atom is -0.303 e. The van der Waals surface area contributed by atoms with Crippen molar-refractivity contribution >= 4 is 6.29 Å². The zero-order valence-electron chi connectivity index (χ0n) is 6.95. The zero-order valence-corrected chi connectivity index (χ0v) is 6.95. The molecule has 0 heterocycles. The highest BCUT2D eigenvalue weighted by Crippen LogP contribution is 2.19. The normalized spacial score (nSPS) is 17.5. The fourth-order valence-electron chi connectivity index (χ4n) is 0.845. The first kappa shape index (κ1) is 9.90. The van der Waals surface area contributed by atoms with Gasteiger partial charge < -0.3 is 4.79 Å². The van der Waals surface area contributed by atoms with Crippen LogP contribution in [-0.2, 0) is 4.79 Å². The second kappa shape index (κ2) is 4.68. The summed E-state index contributed by atoms with van der Waals surface area (Å²) >= 11 is 0. The Kier molecular flexibility index (Phi) is 4.21. The van der Waals surface area contributed by atoms with Crippen LogP contribution in [0.5, 0.6) is 0 Å². The topological polar surface area (TPSA) is 40.9 Å². The number of allylic oxidation sites excluding steroid dienone is 1. The van der Waals surface area contributed by atoms with Gasteiger partial charge in [0.25, 0.3) is 0 Å². The summed E-state index contributed by atoms with van der Waals surface area (Å²) in [5.41, 5.74) is 0. The Balaban J connectivity index is 4.21. The summed E-state index contributed by atoms with van der Waals surface area (Å²) in [4.78, 5) is 10.4. The quantitative estimate of drug-likeness (QED) is 0.454. The summed E-state index contributed by atoms with van der Waals surface area (Å²) in [5.74, 6) is -0.220. The summed E-state index contributed by atoms with van der Waals surface area (Å²) in [5, 5.41) is 8.54. The van der Waals surface area contributed by atoms with E-state index in [0.29, 0.717) is 0 Å².